The van der Waals surface area contributed by atoms with Gasteiger partial charge in [0, 0.05) is 18.6 Å². The zero-order valence-electron chi connectivity index (χ0n) is 11.3. The topological polar surface area (TPSA) is 72.4 Å². The molecule has 0 aromatic carbocycles. The van der Waals surface area contributed by atoms with Gasteiger partial charge >= 0.3 is 5.97 Å². The molecular formula is C15H14N4O2. The first-order valence-corrected chi connectivity index (χ1v) is 6.92. The Morgan fingerprint density at radius 3 is 2.95 bits per heavy atom. The van der Waals surface area contributed by atoms with Crippen LogP contribution in [0.5, 0.6) is 0 Å². The highest BCUT2D eigenvalue weighted by Crippen LogP contribution is 2.40. The van der Waals surface area contributed by atoms with E-state index in [0.29, 0.717) is 12.5 Å². The van der Waals surface area contributed by atoms with Gasteiger partial charge in [-0.15, -0.1) is 0 Å². The second-order valence-corrected chi connectivity index (χ2v) is 5.46. The number of hydrogen-bond donors (Lipinski definition) is 1. The van der Waals surface area contributed by atoms with Gasteiger partial charge in [0.1, 0.15) is 5.65 Å². The highest BCUT2D eigenvalue weighted by atomic mass is 16.4. The average Bonchev–Trinajstić information content (AvgIpc) is 3.07. The Balaban J connectivity index is 1.61. The third kappa shape index (κ3) is 2.29. The summed E-state index contributed by atoms with van der Waals surface area (Å²) in [7, 11) is 0. The van der Waals surface area contributed by atoms with Gasteiger partial charge in [0.25, 0.3) is 0 Å². The molecule has 1 N–H and O–H groups in total. The van der Waals surface area contributed by atoms with Crippen LogP contribution in [-0.4, -0.2) is 30.2 Å². The standard InChI is InChI=1S/C15H14N4O2/c20-15(21)12-6-16-19(7-12)9-13-8-18-4-3-11(10-1-2-10)5-14(18)17-13/h3-8,10H,1-2,9H2,(H,20,21). The molecule has 4 rings (SSSR count). The lowest BCUT2D eigenvalue weighted by molar-refractivity contribution is 0.0697. The molecule has 0 aliphatic heterocycles. The van der Waals surface area contributed by atoms with Crippen LogP contribution in [-0.2, 0) is 6.54 Å². The smallest absolute Gasteiger partial charge is 0.338 e. The van der Waals surface area contributed by atoms with Crippen molar-refractivity contribution in [3.8, 4) is 0 Å². The largest absolute Gasteiger partial charge is 0.478 e. The number of nitrogens with zero attached hydrogens (tertiary/aromatic N) is 4. The lowest BCUT2D eigenvalue weighted by Gasteiger charge is -1.97. The van der Waals surface area contributed by atoms with Crippen LogP contribution in [0.4, 0.5) is 0 Å². The number of carbonyl (C=O) groups is 1. The minimum atomic E-state index is -0.967. The number of hydrogen-bond acceptors (Lipinski definition) is 3. The van der Waals surface area contributed by atoms with Crippen LogP contribution in [0.2, 0.25) is 0 Å². The molecule has 3 heterocycles. The summed E-state index contributed by atoms with van der Waals surface area (Å²) in [5.41, 5.74) is 3.34. The molecule has 0 saturated heterocycles. The lowest BCUT2D eigenvalue weighted by Crippen LogP contribution is -2.00. The normalized spacial score (nSPS) is 14.7. The van der Waals surface area contributed by atoms with E-state index in [1.54, 1.807) is 4.68 Å². The van der Waals surface area contributed by atoms with Crippen LogP contribution >= 0.6 is 0 Å². The van der Waals surface area contributed by atoms with Crippen molar-refractivity contribution in [1.29, 1.82) is 0 Å². The first-order chi connectivity index (χ1) is 10.2. The van der Waals surface area contributed by atoms with Gasteiger partial charge in [-0.05, 0) is 36.5 Å². The monoisotopic (exact) mass is 282 g/mol. The number of aromatic nitrogens is 4. The predicted octanol–water partition coefficient (Wildman–Crippen LogP) is 2.15. The van der Waals surface area contributed by atoms with Crippen molar-refractivity contribution in [2.24, 2.45) is 0 Å². The summed E-state index contributed by atoms with van der Waals surface area (Å²) in [5, 5.41) is 12.9. The van der Waals surface area contributed by atoms with Crippen molar-refractivity contribution in [3.05, 3.63) is 53.7 Å². The van der Waals surface area contributed by atoms with Gasteiger partial charge in [-0.2, -0.15) is 5.10 Å². The Kier molecular flexibility index (Phi) is 2.57. The van der Waals surface area contributed by atoms with E-state index < -0.39 is 5.97 Å². The SMILES string of the molecule is O=C(O)c1cnn(Cc2cn3ccc(C4CC4)cc3n2)c1. The van der Waals surface area contributed by atoms with Crippen molar-refractivity contribution in [3.63, 3.8) is 0 Å². The summed E-state index contributed by atoms with van der Waals surface area (Å²) in [5.74, 6) is -0.260. The van der Waals surface area contributed by atoms with E-state index in [1.165, 1.54) is 30.8 Å². The fourth-order valence-electron chi connectivity index (χ4n) is 2.52. The van der Waals surface area contributed by atoms with Gasteiger partial charge < -0.3 is 9.51 Å². The van der Waals surface area contributed by atoms with E-state index in [0.717, 1.165) is 11.3 Å². The number of rotatable bonds is 4. The molecule has 3 aromatic rings. The van der Waals surface area contributed by atoms with E-state index >= 15 is 0 Å². The third-order valence-electron chi connectivity index (χ3n) is 3.79. The molecule has 1 saturated carbocycles. The summed E-state index contributed by atoms with van der Waals surface area (Å²) in [4.78, 5) is 15.4. The van der Waals surface area contributed by atoms with Crippen molar-refractivity contribution in [1.82, 2.24) is 19.2 Å². The Bertz CT molecular complexity index is 829. The lowest BCUT2D eigenvalue weighted by atomic mass is 10.2. The number of carboxylic acids is 1. The molecule has 6 heteroatoms. The van der Waals surface area contributed by atoms with E-state index in [4.69, 9.17) is 5.11 Å². The van der Waals surface area contributed by atoms with Crippen molar-refractivity contribution >= 4 is 11.6 Å². The highest BCUT2D eigenvalue weighted by Gasteiger charge is 2.23. The quantitative estimate of drug-likeness (QED) is 0.796. The number of aromatic carboxylic acids is 1. The minimum Gasteiger partial charge on any atom is -0.478 e. The predicted molar refractivity (Wildman–Crippen MR) is 75.5 cm³/mol. The van der Waals surface area contributed by atoms with E-state index in [9.17, 15) is 4.79 Å². The number of fused-ring (bicyclic) bond motifs is 1. The molecule has 0 unspecified atom stereocenters. The molecule has 1 aliphatic carbocycles. The zero-order chi connectivity index (χ0) is 14.4. The molecule has 0 atom stereocenters. The Morgan fingerprint density at radius 2 is 2.24 bits per heavy atom. The van der Waals surface area contributed by atoms with E-state index in [1.807, 2.05) is 16.8 Å². The Labute approximate surface area is 120 Å². The van der Waals surface area contributed by atoms with Crippen LogP contribution in [0.3, 0.4) is 0 Å². The molecule has 6 nitrogen and oxygen atoms in total. The molecule has 0 amide bonds. The Hall–Kier alpha value is -2.63. The summed E-state index contributed by atoms with van der Waals surface area (Å²) in [6.07, 6.45) is 9.40. The molecule has 0 spiro atoms. The molecule has 3 aromatic heterocycles. The van der Waals surface area contributed by atoms with Gasteiger partial charge in [0.2, 0.25) is 0 Å². The second kappa shape index (κ2) is 4.44. The molecular weight excluding hydrogens is 268 g/mol. The maximum atomic E-state index is 10.8. The van der Waals surface area contributed by atoms with Crippen molar-refractivity contribution in [2.75, 3.05) is 0 Å². The highest BCUT2D eigenvalue weighted by molar-refractivity contribution is 5.86. The number of pyridine rings is 1. The summed E-state index contributed by atoms with van der Waals surface area (Å²) >= 11 is 0. The van der Waals surface area contributed by atoms with Crippen molar-refractivity contribution < 1.29 is 9.90 Å². The first-order valence-electron chi connectivity index (χ1n) is 6.92. The van der Waals surface area contributed by atoms with E-state index in [-0.39, 0.29) is 5.56 Å². The van der Waals surface area contributed by atoms with Crippen LogP contribution in [0, 0.1) is 0 Å². The minimum absolute atomic E-state index is 0.190. The number of carboxylic acid groups (broad SMARTS) is 1. The average molecular weight is 282 g/mol. The van der Waals surface area contributed by atoms with Gasteiger partial charge in [0.05, 0.1) is 24.0 Å². The van der Waals surface area contributed by atoms with Crippen LogP contribution in [0.1, 0.15) is 40.4 Å². The van der Waals surface area contributed by atoms with Gasteiger partial charge in [-0.3, -0.25) is 4.68 Å². The Morgan fingerprint density at radius 1 is 1.38 bits per heavy atom. The summed E-state index contributed by atoms with van der Waals surface area (Å²) in [6, 6.07) is 4.28. The molecule has 21 heavy (non-hydrogen) atoms. The van der Waals surface area contributed by atoms with E-state index in [2.05, 4.69) is 22.2 Å². The molecule has 106 valence electrons. The summed E-state index contributed by atoms with van der Waals surface area (Å²) in [6.45, 7) is 0.466. The molecule has 0 bridgehead atoms. The molecule has 1 aliphatic rings. The van der Waals surface area contributed by atoms with Gasteiger partial charge in [0.15, 0.2) is 0 Å². The first kappa shape index (κ1) is 12.1. The maximum Gasteiger partial charge on any atom is 0.338 e. The third-order valence-corrected chi connectivity index (χ3v) is 3.79. The van der Waals surface area contributed by atoms with Crippen LogP contribution in [0.25, 0.3) is 5.65 Å². The van der Waals surface area contributed by atoms with Crippen molar-refractivity contribution in [2.45, 2.75) is 25.3 Å². The summed E-state index contributed by atoms with van der Waals surface area (Å²) < 4.78 is 3.58. The molecule has 0 radical (unpaired) electrons. The maximum absolute atomic E-state index is 10.8. The second-order valence-electron chi connectivity index (χ2n) is 5.46. The zero-order valence-corrected chi connectivity index (χ0v) is 11.3. The van der Waals surface area contributed by atoms with Crippen LogP contribution in [0.15, 0.2) is 36.9 Å². The van der Waals surface area contributed by atoms with Gasteiger partial charge in [-0.1, -0.05) is 0 Å². The number of imidazole rings is 1. The van der Waals surface area contributed by atoms with Crippen LogP contribution < -0.4 is 0 Å². The molecule has 1 fully saturated rings. The fourth-order valence-corrected chi connectivity index (χ4v) is 2.52. The fraction of sp³-hybridized carbons (Fsp3) is 0.267. The van der Waals surface area contributed by atoms with Gasteiger partial charge in [-0.25, -0.2) is 9.78 Å².